The standard InChI is InChI=1S/C22H25N5O/c1-16(18-3-2-12-24-15-18)25-19-4-6-20(7-5-19)27-22(28)9-8-21(26-27)17-10-13-23-14-11-17/h2-3,8-16,19-20,25H,4-7H2,1H3. The molecule has 0 aliphatic heterocycles. The summed E-state index contributed by atoms with van der Waals surface area (Å²) in [7, 11) is 0. The quantitative estimate of drug-likeness (QED) is 0.738. The second-order valence-electron chi connectivity index (χ2n) is 7.42. The second kappa shape index (κ2) is 8.44. The lowest BCUT2D eigenvalue weighted by Crippen LogP contribution is -2.37. The lowest BCUT2D eigenvalue weighted by atomic mass is 9.90. The molecule has 1 aliphatic rings. The van der Waals surface area contributed by atoms with Crippen molar-refractivity contribution in [3.63, 3.8) is 0 Å². The van der Waals surface area contributed by atoms with Crippen molar-refractivity contribution in [3.05, 3.63) is 77.1 Å². The van der Waals surface area contributed by atoms with Gasteiger partial charge in [-0.05, 0) is 62.4 Å². The van der Waals surface area contributed by atoms with E-state index >= 15 is 0 Å². The Balaban J connectivity index is 1.42. The van der Waals surface area contributed by atoms with E-state index in [-0.39, 0.29) is 17.6 Å². The highest BCUT2D eigenvalue weighted by Gasteiger charge is 2.25. The van der Waals surface area contributed by atoms with E-state index in [1.165, 1.54) is 5.56 Å². The van der Waals surface area contributed by atoms with Crippen LogP contribution in [0.15, 0.2) is 66.0 Å². The van der Waals surface area contributed by atoms with E-state index in [2.05, 4.69) is 33.4 Å². The Bertz CT molecular complexity index is 949. The van der Waals surface area contributed by atoms with Crippen molar-refractivity contribution in [1.29, 1.82) is 0 Å². The van der Waals surface area contributed by atoms with Gasteiger partial charge in [-0.2, -0.15) is 5.10 Å². The van der Waals surface area contributed by atoms with Crippen molar-refractivity contribution >= 4 is 0 Å². The molecule has 1 aliphatic carbocycles. The Morgan fingerprint density at radius 3 is 2.50 bits per heavy atom. The van der Waals surface area contributed by atoms with Crippen LogP contribution >= 0.6 is 0 Å². The summed E-state index contributed by atoms with van der Waals surface area (Å²) in [6.07, 6.45) is 11.2. The van der Waals surface area contributed by atoms with Crippen LogP contribution in [0, 0.1) is 0 Å². The molecule has 4 rings (SSSR count). The van der Waals surface area contributed by atoms with E-state index in [0.717, 1.165) is 36.9 Å². The molecular formula is C22H25N5O. The number of hydrogen-bond donors (Lipinski definition) is 1. The maximum absolute atomic E-state index is 12.4. The molecule has 1 N–H and O–H groups in total. The van der Waals surface area contributed by atoms with Crippen LogP contribution in [0.1, 0.15) is 50.3 Å². The van der Waals surface area contributed by atoms with Crippen molar-refractivity contribution in [2.75, 3.05) is 0 Å². The summed E-state index contributed by atoms with van der Waals surface area (Å²) < 4.78 is 1.68. The molecule has 0 spiro atoms. The molecule has 0 amide bonds. The lowest BCUT2D eigenvalue weighted by Gasteiger charge is -2.31. The van der Waals surface area contributed by atoms with Crippen LogP contribution in [-0.4, -0.2) is 25.8 Å². The third kappa shape index (κ3) is 4.17. The van der Waals surface area contributed by atoms with Gasteiger partial charge in [0.05, 0.1) is 11.7 Å². The minimum Gasteiger partial charge on any atom is -0.307 e. The molecule has 28 heavy (non-hydrogen) atoms. The smallest absolute Gasteiger partial charge is 0.267 e. The van der Waals surface area contributed by atoms with Gasteiger partial charge < -0.3 is 5.32 Å². The highest BCUT2D eigenvalue weighted by Crippen LogP contribution is 2.29. The molecule has 144 valence electrons. The molecule has 3 heterocycles. The summed E-state index contributed by atoms with van der Waals surface area (Å²) in [5.41, 5.74) is 2.96. The van der Waals surface area contributed by atoms with Gasteiger partial charge in [-0.25, -0.2) is 4.68 Å². The van der Waals surface area contributed by atoms with Gasteiger partial charge in [0, 0.05) is 48.5 Å². The van der Waals surface area contributed by atoms with Gasteiger partial charge in [-0.3, -0.25) is 14.8 Å². The van der Waals surface area contributed by atoms with Crippen LogP contribution in [0.3, 0.4) is 0 Å². The van der Waals surface area contributed by atoms with E-state index < -0.39 is 0 Å². The summed E-state index contributed by atoms with van der Waals surface area (Å²) in [4.78, 5) is 20.7. The SMILES string of the molecule is CC(NC1CCC(n2nc(-c3ccncc3)ccc2=O)CC1)c1cccnc1. The number of rotatable bonds is 5. The van der Waals surface area contributed by atoms with Crippen LogP contribution < -0.4 is 10.9 Å². The predicted molar refractivity (Wildman–Crippen MR) is 109 cm³/mol. The first-order valence-corrected chi connectivity index (χ1v) is 9.87. The normalized spacial score (nSPS) is 20.6. The van der Waals surface area contributed by atoms with Crippen LogP contribution in [-0.2, 0) is 0 Å². The summed E-state index contributed by atoms with van der Waals surface area (Å²) >= 11 is 0. The number of nitrogens with one attached hydrogen (secondary N) is 1. The summed E-state index contributed by atoms with van der Waals surface area (Å²) in [6.45, 7) is 2.17. The zero-order valence-electron chi connectivity index (χ0n) is 16.0. The predicted octanol–water partition coefficient (Wildman–Crippen LogP) is 3.53. The fourth-order valence-electron chi connectivity index (χ4n) is 3.93. The fourth-order valence-corrected chi connectivity index (χ4v) is 3.93. The molecule has 0 saturated heterocycles. The number of pyridine rings is 2. The summed E-state index contributed by atoms with van der Waals surface area (Å²) in [5.74, 6) is 0. The minimum absolute atomic E-state index is 0.0297. The van der Waals surface area contributed by atoms with E-state index in [9.17, 15) is 4.79 Å². The molecule has 0 aromatic carbocycles. The fraction of sp³-hybridized carbons (Fsp3) is 0.364. The Morgan fingerprint density at radius 2 is 1.79 bits per heavy atom. The second-order valence-corrected chi connectivity index (χ2v) is 7.42. The zero-order chi connectivity index (χ0) is 19.3. The van der Waals surface area contributed by atoms with Crippen LogP contribution in [0.5, 0.6) is 0 Å². The third-order valence-electron chi connectivity index (χ3n) is 5.51. The van der Waals surface area contributed by atoms with Crippen molar-refractivity contribution in [1.82, 2.24) is 25.1 Å². The minimum atomic E-state index is -0.0297. The molecule has 3 aromatic heterocycles. The van der Waals surface area contributed by atoms with Gasteiger partial charge in [0.2, 0.25) is 0 Å². The van der Waals surface area contributed by atoms with E-state index in [0.29, 0.717) is 6.04 Å². The van der Waals surface area contributed by atoms with Crippen molar-refractivity contribution in [3.8, 4) is 11.3 Å². The first-order chi connectivity index (χ1) is 13.7. The van der Waals surface area contributed by atoms with Gasteiger partial charge in [-0.1, -0.05) is 6.07 Å². The Hall–Kier alpha value is -2.86. The molecule has 1 atom stereocenters. The highest BCUT2D eigenvalue weighted by molar-refractivity contribution is 5.57. The molecule has 1 fully saturated rings. The van der Waals surface area contributed by atoms with Gasteiger partial charge in [0.25, 0.3) is 5.56 Å². The maximum Gasteiger partial charge on any atom is 0.267 e. The Kier molecular flexibility index (Phi) is 5.58. The van der Waals surface area contributed by atoms with Crippen molar-refractivity contribution < 1.29 is 0 Å². The van der Waals surface area contributed by atoms with Crippen LogP contribution in [0.4, 0.5) is 0 Å². The molecule has 6 nitrogen and oxygen atoms in total. The maximum atomic E-state index is 12.4. The number of hydrogen-bond acceptors (Lipinski definition) is 5. The van der Waals surface area contributed by atoms with E-state index in [4.69, 9.17) is 0 Å². The van der Waals surface area contributed by atoms with Crippen LogP contribution in [0.25, 0.3) is 11.3 Å². The first kappa shape index (κ1) is 18.5. The topological polar surface area (TPSA) is 72.7 Å². The van der Waals surface area contributed by atoms with Gasteiger partial charge in [-0.15, -0.1) is 0 Å². The van der Waals surface area contributed by atoms with Gasteiger partial charge >= 0.3 is 0 Å². The molecule has 1 unspecified atom stereocenters. The lowest BCUT2D eigenvalue weighted by molar-refractivity contribution is 0.259. The molecule has 6 heteroatoms. The van der Waals surface area contributed by atoms with Gasteiger partial charge in [0.1, 0.15) is 0 Å². The molecule has 1 saturated carbocycles. The Morgan fingerprint density at radius 1 is 1.00 bits per heavy atom. The molecular weight excluding hydrogens is 350 g/mol. The number of nitrogens with zero attached hydrogens (tertiary/aromatic N) is 4. The summed E-state index contributed by atoms with van der Waals surface area (Å²) in [6, 6.07) is 12.2. The highest BCUT2D eigenvalue weighted by atomic mass is 16.1. The Labute approximate surface area is 164 Å². The molecule has 0 bridgehead atoms. The van der Waals surface area contributed by atoms with Crippen molar-refractivity contribution in [2.45, 2.75) is 50.7 Å². The number of aromatic nitrogens is 4. The summed E-state index contributed by atoms with van der Waals surface area (Å²) in [5, 5.41) is 8.35. The van der Waals surface area contributed by atoms with E-state index in [1.807, 2.05) is 24.4 Å². The average molecular weight is 375 g/mol. The monoisotopic (exact) mass is 375 g/mol. The van der Waals surface area contributed by atoms with Gasteiger partial charge in [0.15, 0.2) is 0 Å². The largest absolute Gasteiger partial charge is 0.307 e. The third-order valence-corrected chi connectivity index (χ3v) is 5.51. The van der Waals surface area contributed by atoms with Crippen LogP contribution in [0.2, 0.25) is 0 Å². The molecule has 3 aromatic rings. The first-order valence-electron chi connectivity index (χ1n) is 9.87. The molecule has 0 radical (unpaired) electrons. The van der Waals surface area contributed by atoms with E-state index in [1.54, 1.807) is 35.4 Å². The van der Waals surface area contributed by atoms with Crippen molar-refractivity contribution in [2.24, 2.45) is 0 Å². The zero-order valence-corrected chi connectivity index (χ0v) is 16.0. The average Bonchev–Trinajstić information content (AvgIpc) is 2.76.